The highest BCUT2D eigenvalue weighted by Gasteiger charge is 2.14. The molecule has 5 nitrogen and oxygen atoms in total. The first-order valence-corrected chi connectivity index (χ1v) is 7.27. The predicted octanol–water partition coefficient (Wildman–Crippen LogP) is 1.82. The number of H-pyrrole nitrogens is 1. The topological polar surface area (TPSA) is 50.3 Å². The van der Waals surface area contributed by atoms with Crippen LogP contribution in [0.2, 0.25) is 0 Å². The molecule has 108 valence electrons. The van der Waals surface area contributed by atoms with E-state index < -0.39 is 0 Å². The number of nitrogens with one attached hydrogen (secondary N) is 1. The van der Waals surface area contributed by atoms with Gasteiger partial charge in [0.25, 0.3) is 0 Å². The van der Waals surface area contributed by atoms with Crippen LogP contribution in [-0.2, 0) is 6.54 Å². The molecule has 0 aliphatic carbocycles. The molecule has 1 aromatic carbocycles. The van der Waals surface area contributed by atoms with E-state index in [9.17, 15) is 4.79 Å². The Bertz CT molecular complexity index is 638. The van der Waals surface area contributed by atoms with Crippen LogP contribution in [-0.4, -0.2) is 41.2 Å². The zero-order valence-corrected chi connectivity index (χ0v) is 11.9. The van der Waals surface area contributed by atoms with Crippen LogP contribution in [0.25, 0.3) is 11.0 Å². The summed E-state index contributed by atoms with van der Waals surface area (Å²) >= 11 is 0. The lowest BCUT2D eigenvalue weighted by atomic mass is 10.1. The molecule has 5 heteroatoms. The highest BCUT2D eigenvalue weighted by Crippen LogP contribution is 2.23. The molecule has 0 saturated carbocycles. The largest absolute Gasteiger partial charge is 0.494 e. The number of imidazole rings is 1. The number of likely N-dealkylation sites (tertiary alicyclic amines) is 1. The highest BCUT2D eigenvalue weighted by atomic mass is 16.5. The molecule has 20 heavy (non-hydrogen) atoms. The average Bonchev–Trinajstić information content (AvgIpc) is 2.81. The number of aromatic amines is 1. The summed E-state index contributed by atoms with van der Waals surface area (Å²) in [7, 11) is 1.64. The van der Waals surface area contributed by atoms with Crippen molar-refractivity contribution in [3.63, 3.8) is 0 Å². The zero-order chi connectivity index (χ0) is 13.9. The van der Waals surface area contributed by atoms with Gasteiger partial charge < -0.3 is 14.6 Å². The van der Waals surface area contributed by atoms with E-state index in [1.165, 1.54) is 19.3 Å². The van der Waals surface area contributed by atoms with Gasteiger partial charge in [-0.1, -0.05) is 12.5 Å². The van der Waals surface area contributed by atoms with Gasteiger partial charge in [-0.3, -0.25) is 4.57 Å². The zero-order valence-electron chi connectivity index (χ0n) is 11.9. The maximum atomic E-state index is 12.1. The summed E-state index contributed by atoms with van der Waals surface area (Å²) in [4.78, 5) is 17.4. The van der Waals surface area contributed by atoms with Gasteiger partial charge in [0.15, 0.2) is 0 Å². The van der Waals surface area contributed by atoms with Crippen LogP contribution >= 0.6 is 0 Å². The molecule has 1 aliphatic rings. The van der Waals surface area contributed by atoms with Crippen molar-refractivity contribution in [3.8, 4) is 5.75 Å². The fourth-order valence-corrected chi connectivity index (χ4v) is 2.99. The van der Waals surface area contributed by atoms with Gasteiger partial charge in [0.2, 0.25) is 0 Å². The fraction of sp³-hybridized carbons (Fsp3) is 0.533. The molecule has 2 aromatic rings. The number of hydrogen-bond acceptors (Lipinski definition) is 3. The van der Waals surface area contributed by atoms with Gasteiger partial charge in [0, 0.05) is 13.1 Å². The molecule has 1 N–H and O–H groups in total. The standard InChI is InChI=1S/C15H21N3O2/c1-20-13-7-5-6-12-14(13)18(15(19)16-12)11-10-17-8-3-2-4-9-17/h5-7H,2-4,8-11H2,1H3,(H,16,19). The van der Waals surface area contributed by atoms with Crippen LogP contribution in [0.4, 0.5) is 0 Å². The summed E-state index contributed by atoms with van der Waals surface area (Å²) in [6.45, 7) is 3.92. The molecule has 1 aromatic heterocycles. The second-order valence-corrected chi connectivity index (χ2v) is 5.34. The first kappa shape index (κ1) is 13.2. The van der Waals surface area contributed by atoms with Crippen molar-refractivity contribution in [2.45, 2.75) is 25.8 Å². The van der Waals surface area contributed by atoms with Crippen molar-refractivity contribution >= 4 is 11.0 Å². The number of para-hydroxylation sites is 1. The van der Waals surface area contributed by atoms with Gasteiger partial charge in [0.1, 0.15) is 11.3 Å². The first-order chi connectivity index (χ1) is 9.79. The van der Waals surface area contributed by atoms with Crippen molar-refractivity contribution in [3.05, 3.63) is 28.7 Å². The number of rotatable bonds is 4. The second kappa shape index (κ2) is 5.71. The maximum Gasteiger partial charge on any atom is 0.326 e. The van der Waals surface area contributed by atoms with E-state index in [0.717, 1.165) is 36.4 Å². The second-order valence-electron chi connectivity index (χ2n) is 5.34. The van der Waals surface area contributed by atoms with E-state index in [4.69, 9.17) is 4.74 Å². The Labute approximate surface area is 118 Å². The van der Waals surface area contributed by atoms with Crippen LogP contribution in [0.1, 0.15) is 19.3 Å². The quantitative estimate of drug-likeness (QED) is 0.926. The molecule has 1 fully saturated rings. The van der Waals surface area contributed by atoms with Crippen LogP contribution in [0, 0.1) is 0 Å². The Balaban J connectivity index is 1.86. The van der Waals surface area contributed by atoms with Crippen molar-refractivity contribution in [2.24, 2.45) is 0 Å². The van der Waals surface area contributed by atoms with Gasteiger partial charge >= 0.3 is 5.69 Å². The molecule has 1 aliphatic heterocycles. The molecule has 0 amide bonds. The summed E-state index contributed by atoms with van der Waals surface area (Å²) in [5.41, 5.74) is 1.66. The van der Waals surface area contributed by atoms with E-state index in [1.807, 2.05) is 18.2 Å². The normalized spacial score (nSPS) is 16.6. The van der Waals surface area contributed by atoms with Crippen molar-refractivity contribution in [2.75, 3.05) is 26.7 Å². The molecular weight excluding hydrogens is 254 g/mol. The van der Waals surface area contributed by atoms with Crippen LogP contribution in [0.3, 0.4) is 0 Å². The number of piperidine rings is 1. The number of nitrogens with zero attached hydrogens (tertiary/aromatic N) is 2. The Morgan fingerprint density at radius 2 is 2.00 bits per heavy atom. The highest BCUT2D eigenvalue weighted by molar-refractivity contribution is 5.81. The minimum absolute atomic E-state index is 0.0542. The van der Waals surface area contributed by atoms with Gasteiger partial charge in [-0.05, 0) is 38.1 Å². The summed E-state index contributed by atoms with van der Waals surface area (Å²) in [6.07, 6.45) is 3.87. The summed E-state index contributed by atoms with van der Waals surface area (Å²) in [5, 5.41) is 0. The van der Waals surface area contributed by atoms with Crippen molar-refractivity contribution in [1.82, 2.24) is 14.5 Å². The Morgan fingerprint density at radius 1 is 1.20 bits per heavy atom. The first-order valence-electron chi connectivity index (χ1n) is 7.27. The lowest BCUT2D eigenvalue weighted by Gasteiger charge is -2.26. The van der Waals surface area contributed by atoms with Gasteiger partial charge in [-0.2, -0.15) is 0 Å². The molecule has 0 bridgehead atoms. The Hall–Kier alpha value is -1.75. The van der Waals surface area contributed by atoms with Gasteiger partial charge in [0.05, 0.1) is 12.6 Å². The van der Waals surface area contributed by atoms with E-state index in [0.29, 0.717) is 6.54 Å². The predicted molar refractivity (Wildman–Crippen MR) is 79.4 cm³/mol. The third kappa shape index (κ3) is 2.45. The molecule has 2 heterocycles. The average molecular weight is 275 g/mol. The van der Waals surface area contributed by atoms with E-state index in [1.54, 1.807) is 11.7 Å². The number of aromatic nitrogens is 2. The lowest BCUT2D eigenvalue weighted by molar-refractivity contribution is 0.221. The molecule has 0 atom stereocenters. The van der Waals surface area contributed by atoms with E-state index >= 15 is 0 Å². The Morgan fingerprint density at radius 3 is 2.75 bits per heavy atom. The molecular formula is C15H21N3O2. The number of benzene rings is 1. The van der Waals surface area contributed by atoms with Crippen LogP contribution < -0.4 is 10.4 Å². The van der Waals surface area contributed by atoms with Crippen LogP contribution in [0.15, 0.2) is 23.0 Å². The SMILES string of the molecule is COc1cccc2[nH]c(=O)n(CCN3CCCCC3)c12. The van der Waals surface area contributed by atoms with E-state index in [2.05, 4.69) is 9.88 Å². The summed E-state index contributed by atoms with van der Waals surface area (Å²) in [6, 6.07) is 5.70. The van der Waals surface area contributed by atoms with Crippen molar-refractivity contribution in [1.29, 1.82) is 0 Å². The Kier molecular flexibility index (Phi) is 3.78. The third-order valence-corrected chi connectivity index (χ3v) is 4.06. The summed E-state index contributed by atoms with van der Waals surface area (Å²) in [5.74, 6) is 0.750. The lowest BCUT2D eigenvalue weighted by Crippen LogP contribution is -2.34. The molecule has 0 radical (unpaired) electrons. The van der Waals surface area contributed by atoms with E-state index in [-0.39, 0.29) is 5.69 Å². The molecule has 0 spiro atoms. The molecule has 3 rings (SSSR count). The summed E-state index contributed by atoms with van der Waals surface area (Å²) < 4.78 is 7.17. The minimum Gasteiger partial charge on any atom is -0.494 e. The van der Waals surface area contributed by atoms with Gasteiger partial charge in [-0.25, -0.2) is 4.79 Å². The number of ether oxygens (including phenoxy) is 1. The smallest absolute Gasteiger partial charge is 0.326 e. The maximum absolute atomic E-state index is 12.1. The fourth-order valence-electron chi connectivity index (χ4n) is 2.99. The molecule has 1 saturated heterocycles. The number of hydrogen-bond donors (Lipinski definition) is 1. The third-order valence-electron chi connectivity index (χ3n) is 4.06. The number of fused-ring (bicyclic) bond motifs is 1. The number of methoxy groups -OCH3 is 1. The van der Waals surface area contributed by atoms with Crippen molar-refractivity contribution < 1.29 is 4.74 Å². The minimum atomic E-state index is -0.0542. The molecule has 0 unspecified atom stereocenters. The van der Waals surface area contributed by atoms with Gasteiger partial charge in [-0.15, -0.1) is 0 Å². The monoisotopic (exact) mass is 275 g/mol. The van der Waals surface area contributed by atoms with Crippen LogP contribution in [0.5, 0.6) is 5.75 Å².